The van der Waals surface area contributed by atoms with E-state index in [9.17, 15) is 0 Å². The van der Waals surface area contributed by atoms with Crippen LogP contribution in [0.2, 0.25) is 0 Å². The maximum atomic E-state index is 6.25. The van der Waals surface area contributed by atoms with Crippen molar-refractivity contribution >= 4 is 32.4 Å². The first kappa shape index (κ1) is 22.0. The van der Waals surface area contributed by atoms with Crippen LogP contribution in [0.1, 0.15) is 18.1 Å². The molecule has 5 heteroatoms. The summed E-state index contributed by atoms with van der Waals surface area (Å²) in [5.74, 6) is 2.28. The van der Waals surface area contributed by atoms with Gasteiger partial charge in [-0.3, -0.25) is 0 Å². The number of hydrogen-bond acceptors (Lipinski definition) is 4. The van der Waals surface area contributed by atoms with Crippen molar-refractivity contribution in [2.75, 3.05) is 19.0 Å². The van der Waals surface area contributed by atoms with E-state index < -0.39 is 0 Å². The Kier molecular flexibility index (Phi) is 7.17. The molecular formula is C27H26BrNO3. The summed E-state index contributed by atoms with van der Waals surface area (Å²) in [5, 5.41) is 5.84. The second-order valence-electron chi connectivity index (χ2n) is 7.35. The van der Waals surface area contributed by atoms with Crippen LogP contribution in [0.15, 0.2) is 83.3 Å². The molecule has 0 aromatic heterocycles. The zero-order chi connectivity index (χ0) is 22.3. The first-order valence-electron chi connectivity index (χ1n) is 10.6. The van der Waals surface area contributed by atoms with Crippen molar-refractivity contribution in [3.63, 3.8) is 0 Å². The largest absolute Gasteiger partial charge is 0.497 e. The van der Waals surface area contributed by atoms with Gasteiger partial charge in [0.15, 0.2) is 11.5 Å². The third kappa shape index (κ3) is 5.17. The van der Waals surface area contributed by atoms with Crippen LogP contribution in [0, 0.1) is 0 Å². The summed E-state index contributed by atoms with van der Waals surface area (Å²) in [5.41, 5.74) is 3.26. The van der Waals surface area contributed by atoms with Crippen molar-refractivity contribution in [3.8, 4) is 17.2 Å². The third-order valence-electron chi connectivity index (χ3n) is 5.21. The number of methoxy groups -OCH3 is 1. The molecule has 0 fully saturated rings. The molecule has 0 radical (unpaired) electrons. The van der Waals surface area contributed by atoms with Crippen LogP contribution < -0.4 is 19.5 Å². The van der Waals surface area contributed by atoms with Crippen LogP contribution in [-0.4, -0.2) is 13.7 Å². The predicted molar refractivity (Wildman–Crippen MR) is 134 cm³/mol. The summed E-state index contributed by atoms with van der Waals surface area (Å²) in [6.45, 7) is 3.66. The van der Waals surface area contributed by atoms with Crippen molar-refractivity contribution < 1.29 is 14.2 Å². The zero-order valence-corrected chi connectivity index (χ0v) is 19.8. The monoisotopic (exact) mass is 491 g/mol. The van der Waals surface area contributed by atoms with Crippen molar-refractivity contribution in [1.29, 1.82) is 0 Å². The summed E-state index contributed by atoms with van der Waals surface area (Å²) in [6.07, 6.45) is 0. The minimum Gasteiger partial charge on any atom is -0.497 e. The molecule has 0 saturated heterocycles. The number of benzene rings is 4. The molecule has 4 rings (SSSR count). The number of ether oxygens (including phenoxy) is 3. The predicted octanol–water partition coefficient (Wildman–Crippen LogP) is 7.20. The fourth-order valence-electron chi connectivity index (χ4n) is 3.61. The van der Waals surface area contributed by atoms with Gasteiger partial charge in [0.05, 0.1) is 18.2 Å². The van der Waals surface area contributed by atoms with E-state index in [1.54, 1.807) is 7.11 Å². The van der Waals surface area contributed by atoms with Gasteiger partial charge in [-0.15, -0.1) is 0 Å². The first-order valence-corrected chi connectivity index (χ1v) is 11.4. The minimum absolute atomic E-state index is 0.462. The standard InChI is InChI=1S/C27H26BrNO3/c1-3-31-26-16-19(17-29-22-11-13-23(30-2)14-12-22)15-25(28)27(26)32-18-21-9-6-8-20-7-4-5-10-24(20)21/h4-16,29H,3,17-18H2,1-2H3. The summed E-state index contributed by atoms with van der Waals surface area (Å²) >= 11 is 3.69. The highest BCUT2D eigenvalue weighted by atomic mass is 79.9. The zero-order valence-electron chi connectivity index (χ0n) is 18.2. The van der Waals surface area contributed by atoms with Crippen molar-refractivity contribution in [2.24, 2.45) is 0 Å². The molecule has 0 heterocycles. The van der Waals surface area contributed by atoms with E-state index in [1.807, 2.05) is 37.3 Å². The number of rotatable bonds is 9. The second-order valence-corrected chi connectivity index (χ2v) is 8.20. The van der Waals surface area contributed by atoms with E-state index in [-0.39, 0.29) is 0 Å². The van der Waals surface area contributed by atoms with Crippen LogP contribution in [0.25, 0.3) is 10.8 Å². The molecule has 4 nitrogen and oxygen atoms in total. The molecule has 0 aliphatic carbocycles. The molecule has 0 spiro atoms. The highest BCUT2D eigenvalue weighted by Gasteiger charge is 2.13. The molecule has 0 atom stereocenters. The number of halogens is 1. The Bertz CT molecular complexity index is 1190. The minimum atomic E-state index is 0.462. The number of anilines is 1. The molecule has 0 amide bonds. The number of hydrogen-bond donors (Lipinski definition) is 1. The lowest BCUT2D eigenvalue weighted by Gasteiger charge is -2.17. The summed E-state index contributed by atoms with van der Waals surface area (Å²) in [7, 11) is 1.67. The number of nitrogens with one attached hydrogen (secondary N) is 1. The Hall–Kier alpha value is -3.18. The summed E-state index contributed by atoms with van der Waals surface area (Å²) in [4.78, 5) is 0. The molecule has 0 bridgehead atoms. The van der Waals surface area contributed by atoms with E-state index in [0.29, 0.717) is 25.5 Å². The van der Waals surface area contributed by atoms with Crippen LogP contribution in [0.5, 0.6) is 17.2 Å². The third-order valence-corrected chi connectivity index (χ3v) is 5.80. The van der Waals surface area contributed by atoms with E-state index in [4.69, 9.17) is 14.2 Å². The van der Waals surface area contributed by atoms with Crippen LogP contribution in [0.3, 0.4) is 0 Å². The normalized spacial score (nSPS) is 10.7. The van der Waals surface area contributed by atoms with Crippen molar-refractivity contribution in [1.82, 2.24) is 0 Å². The molecule has 0 saturated carbocycles. The van der Waals surface area contributed by atoms with Gasteiger partial charge in [-0.2, -0.15) is 0 Å². The average molecular weight is 492 g/mol. The Morgan fingerprint density at radius 2 is 1.66 bits per heavy atom. The van der Waals surface area contributed by atoms with Gasteiger partial charge in [0.1, 0.15) is 12.4 Å². The SMILES string of the molecule is CCOc1cc(CNc2ccc(OC)cc2)cc(Br)c1OCc1cccc2ccccc12. The van der Waals surface area contributed by atoms with Gasteiger partial charge >= 0.3 is 0 Å². The van der Waals surface area contributed by atoms with Gasteiger partial charge < -0.3 is 19.5 Å². The van der Waals surface area contributed by atoms with E-state index >= 15 is 0 Å². The molecule has 1 N–H and O–H groups in total. The van der Waals surface area contributed by atoms with Crippen molar-refractivity contribution in [3.05, 3.63) is 94.5 Å². The first-order chi connectivity index (χ1) is 15.7. The molecule has 164 valence electrons. The van der Waals surface area contributed by atoms with Gasteiger partial charge in [-0.1, -0.05) is 42.5 Å². The van der Waals surface area contributed by atoms with E-state index in [0.717, 1.165) is 32.8 Å². The fourth-order valence-corrected chi connectivity index (χ4v) is 4.21. The van der Waals surface area contributed by atoms with Gasteiger partial charge in [0.25, 0.3) is 0 Å². The highest BCUT2D eigenvalue weighted by molar-refractivity contribution is 9.10. The lowest BCUT2D eigenvalue weighted by molar-refractivity contribution is 0.268. The Balaban J connectivity index is 1.51. The van der Waals surface area contributed by atoms with E-state index in [1.165, 1.54) is 10.8 Å². The Labute approximate surface area is 197 Å². The molecule has 0 aliphatic heterocycles. The fraction of sp³-hybridized carbons (Fsp3) is 0.185. The van der Waals surface area contributed by atoms with Gasteiger partial charge in [-0.05, 0) is 81.2 Å². The van der Waals surface area contributed by atoms with Crippen LogP contribution in [-0.2, 0) is 13.2 Å². The molecule has 4 aromatic carbocycles. The average Bonchev–Trinajstić information content (AvgIpc) is 2.83. The Morgan fingerprint density at radius 3 is 2.44 bits per heavy atom. The summed E-state index contributed by atoms with van der Waals surface area (Å²) in [6, 6.07) is 26.6. The maximum absolute atomic E-state index is 6.25. The van der Waals surface area contributed by atoms with Crippen LogP contribution in [0.4, 0.5) is 5.69 Å². The highest BCUT2D eigenvalue weighted by Crippen LogP contribution is 2.38. The Morgan fingerprint density at radius 1 is 0.875 bits per heavy atom. The number of fused-ring (bicyclic) bond motifs is 1. The topological polar surface area (TPSA) is 39.7 Å². The second kappa shape index (κ2) is 10.4. The molecule has 32 heavy (non-hydrogen) atoms. The van der Waals surface area contributed by atoms with Gasteiger partial charge in [0, 0.05) is 12.2 Å². The lowest BCUT2D eigenvalue weighted by Crippen LogP contribution is -2.04. The van der Waals surface area contributed by atoms with Gasteiger partial charge in [0.2, 0.25) is 0 Å². The molecule has 0 aliphatic rings. The quantitative estimate of drug-likeness (QED) is 0.268. The van der Waals surface area contributed by atoms with Gasteiger partial charge in [-0.25, -0.2) is 0 Å². The van der Waals surface area contributed by atoms with E-state index in [2.05, 4.69) is 69.8 Å². The summed E-state index contributed by atoms with van der Waals surface area (Å²) < 4.78 is 18.3. The smallest absolute Gasteiger partial charge is 0.175 e. The van der Waals surface area contributed by atoms with Crippen molar-refractivity contribution in [2.45, 2.75) is 20.1 Å². The molecule has 4 aromatic rings. The molecule has 0 unspecified atom stereocenters. The maximum Gasteiger partial charge on any atom is 0.175 e. The lowest BCUT2D eigenvalue weighted by atomic mass is 10.1. The molecular weight excluding hydrogens is 466 g/mol. The van der Waals surface area contributed by atoms with Crippen LogP contribution >= 0.6 is 15.9 Å².